The van der Waals surface area contributed by atoms with E-state index in [0.717, 1.165) is 12.8 Å². The second-order valence-corrected chi connectivity index (χ2v) is 4.65. The molecule has 86 valence electrons. The third-order valence-electron chi connectivity index (χ3n) is 3.54. The molecular weight excluding hydrogens is 190 g/mol. The maximum atomic E-state index is 11.2. The van der Waals surface area contributed by atoms with Crippen molar-refractivity contribution in [2.45, 2.75) is 51.0 Å². The Kier molecular flexibility index (Phi) is 4.01. The van der Waals surface area contributed by atoms with E-state index in [-0.39, 0.29) is 5.97 Å². The molecule has 2 heterocycles. The lowest BCUT2D eigenvalue weighted by atomic mass is 10.1. The van der Waals surface area contributed by atoms with Crippen LogP contribution in [0.15, 0.2) is 0 Å². The van der Waals surface area contributed by atoms with E-state index >= 15 is 0 Å². The first-order valence-corrected chi connectivity index (χ1v) is 6.26. The first-order valence-electron chi connectivity index (χ1n) is 6.26. The van der Waals surface area contributed by atoms with Crippen LogP contribution in [0.4, 0.5) is 0 Å². The van der Waals surface area contributed by atoms with E-state index in [0.29, 0.717) is 19.1 Å². The molecule has 0 aliphatic carbocycles. The Bertz CT molecular complexity index is 212. The average molecular weight is 211 g/mol. The number of hydrogen-bond donors (Lipinski definition) is 0. The van der Waals surface area contributed by atoms with Crippen LogP contribution in [0.2, 0.25) is 0 Å². The van der Waals surface area contributed by atoms with Gasteiger partial charge in [-0.25, -0.2) is 0 Å². The first-order chi connectivity index (χ1) is 7.36. The van der Waals surface area contributed by atoms with Crippen LogP contribution in [-0.4, -0.2) is 36.6 Å². The van der Waals surface area contributed by atoms with Crippen LogP contribution < -0.4 is 0 Å². The Labute approximate surface area is 91.8 Å². The fourth-order valence-corrected chi connectivity index (χ4v) is 2.65. The van der Waals surface area contributed by atoms with Crippen molar-refractivity contribution in [2.24, 2.45) is 0 Å². The monoisotopic (exact) mass is 211 g/mol. The fraction of sp³-hybridized carbons (Fsp3) is 0.917. The van der Waals surface area contributed by atoms with E-state index in [1.165, 1.54) is 38.8 Å². The number of carbonyl (C=O) groups excluding carboxylic acids is 1. The largest absolute Gasteiger partial charge is 0.466 e. The molecule has 0 saturated carbocycles. The van der Waals surface area contributed by atoms with Gasteiger partial charge in [-0.05, 0) is 45.2 Å². The van der Waals surface area contributed by atoms with Gasteiger partial charge in [0, 0.05) is 12.5 Å². The Balaban J connectivity index is 1.84. The zero-order valence-electron chi connectivity index (χ0n) is 9.41. The van der Waals surface area contributed by atoms with E-state index in [1.807, 2.05) is 0 Å². The molecule has 0 spiro atoms. The standard InChI is InChI=1S/C12H21NO2/c14-12-6-2-1-5-11(7-10-15-12)13-8-3-4-9-13/h11H,1-10H2. The number of hydrogen-bond acceptors (Lipinski definition) is 3. The number of carbonyl (C=O) groups is 1. The molecule has 0 N–H and O–H groups in total. The molecule has 0 radical (unpaired) electrons. The van der Waals surface area contributed by atoms with Crippen LogP contribution in [-0.2, 0) is 9.53 Å². The Morgan fingerprint density at radius 3 is 2.67 bits per heavy atom. The maximum Gasteiger partial charge on any atom is 0.305 e. The topological polar surface area (TPSA) is 29.5 Å². The van der Waals surface area contributed by atoms with E-state index in [1.54, 1.807) is 0 Å². The summed E-state index contributed by atoms with van der Waals surface area (Å²) in [5.74, 6) is -0.00271. The summed E-state index contributed by atoms with van der Waals surface area (Å²) in [6.07, 6.45) is 7.76. The zero-order chi connectivity index (χ0) is 10.5. The van der Waals surface area contributed by atoms with Gasteiger partial charge in [0.25, 0.3) is 0 Å². The number of esters is 1. The van der Waals surface area contributed by atoms with E-state index in [4.69, 9.17) is 4.74 Å². The molecule has 0 aromatic rings. The molecule has 15 heavy (non-hydrogen) atoms. The van der Waals surface area contributed by atoms with Crippen LogP contribution in [0.1, 0.15) is 44.9 Å². The van der Waals surface area contributed by atoms with Crippen molar-refractivity contribution in [3.05, 3.63) is 0 Å². The molecule has 0 aromatic carbocycles. The first kappa shape index (κ1) is 10.9. The highest BCUT2D eigenvalue weighted by Gasteiger charge is 2.22. The van der Waals surface area contributed by atoms with Crippen molar-refractivity contribution in [2.75, 3.05) is 19.7 Å². The zero-order valence-corrected chi connectivity index (χ0v) is 9.41. The summed E-state index contributed by atoms with van der Waals surface area (Å²) in [7, 11) is 0. The molecule has 2 rings (SSSR count). The minimum absolute atomic E-state index is 0.00271. The Morgan fingerprint density at radius 1 is 1.07 bits per heavy atom. The van der Waals surface area contributed by atoms with E-state index in [9.17, 15) is 4.79 Å². The predicted octanol–water partition coefficient (Wildman–Crippen LogP) is 1.96. The van der Waals surface area contributed by atoms with E-state index in [2.05, 4.69) is 4.90 Å². The summed E-state index contributed by atoms with van der Waals surface area (Å²) in [4.78, 5) is 13.8. The number of ether oxygens (including phenoxy) is 1. The van der Waals surface area contributed by atoms with Gasteiger partial charge in [0.1, 0.15) is 0 Å². The third kappa shape index (κ3) is 3.20. The lowest BCUT2D eigenvalue weighted by Crippen LogP contribution is -2.33. The minimum atomic E-state index is -0.00271. The Morgan fingerprint density at radius 2 is 1.87 bits per heavy atom. The van der Waals surface area contributed by atoms with Gasteiger partial charge in [0.2, 0.25) is 0 Å². The van der Waals surface area contributed by atoms with Gasteiger partial charge >= 0.3 is 5.97 Å². The second kappa shape index (κ2) is 5.50. The summed E-state index contributed by atoms with van der Waals surface area (Å²) in [6.45, 7) is 3.12. The molecule has 2 fully saturated rings. The molecule has 2 aliphatic rings. The molecule has 0 bridgehead atoms. The fourth-order valence-electron chi connectivity index (χ4n) is 2.65. The van der Waals surface area contributed by atoms with Crippen molar-refractivity contribution in [3.8, 4) is 0 Å². The average Bonchev–Trinajstić information content (AvgIpc) is 2.74. The lowest BCUT2D eigenvalue weighted by molar-refractivity contribution is -0.143. The van der Waals surface area contributed by atoms with Crippen molar-refractivity contribution in [3.63, 3.8) is 0 Å². The number of likely N-dealkylation sites (tertiary alicyclic amines) is 1. The minimum Gasteiger partial charge on any atom is -0.466 e. The predicted molar refractivity (Wildman–Crippen MR) is 58.6 cm³/mol. The number of cyclic esters (lactones) is 1. The van der Waals surface area contributed by atoms with Gasteiger partial charge in [-0.1, -0.05) is 6.42 Å². The highest BCUT2D eigenvalue weighted by Crippen LogP contribution is 2.20. The second-order valence-electron chi connectivity index (χ2n) is 4.65. The van der Waals surface area contributed by atoms with Crippen LogP contribution in [0.3, 0.4) is 0 Å². The highest BCUT2D eigenvalue weighted by molar-refractivity contribution is 5.69. The van der Waals surface area contributed by atoms with Gasteiger partial charge < -0.3 is 9.64 Å². The van der Waals surface area contributed by atoms with Crippen molar-refractivity contribution in [1.29, 1.82) is 0 Å². The Hall–Kier alpha value is -0.570. The van der Waals surface area contributed by atoms with Crippen LogP contribution >= 0.6 is 0 Å². The van der Waals surface area contributed by atoms with Crippen LogP contribution in [0.5, 0.6) is 0 Å². The molecule has 2 aliphatic heterocycles. The molecule has 0 aromatic heterocycles. The summed E-state index contributed by atoms with van der Waals surface area (Å²) >= 11 is 0. The van der Waals surface area contributed by atoms with Crippen molar-refractivity contribution < 1.29 is 9.53 Å². The van der Waals surface area contributed by atoms with Gasteiger partial charge in [-0.2, -0.15) is 0 Å². The smallest absolute Gasteiger partial charge is 0.305 e. The molecule has 2 saturated heterocycles. The molecule has 3 nitrogen and oxygen atoms in total. The lowest BCUT2D eigenvalue weighted by Gasteiger charge is -2.26. The van der Waals surface area contributed by atoms with Crippen LogP contribution in [0, 0.1) is 0 Å². The third-order valence-corrected chi connectivity index (χ3v) is 3.54. The SMILES string of the molecule is O=C1CCCCC(N2CCCC2)CCO1. The summed E-state index contributed by atoms with van der Waals surface area (Å²) in [5, 5.41) is 0. The summed E-state index contributed by atoms with van der Waals surface area (Å²) in [5.41, 5.74) is 0. The van der Waals surface area contributed by atoms with Gasteiger partial charge in [-0.3, -0.25) is 4.79 Å². The molecule has 3 heteroatoms. The molecule has 0 amide bonds. The normalized spacial score (nSPS) is 30.4. The van der Waals surface area contributed by atoms with Gasteiger partial charge in [0.15, 0.2) is 0 Å². The van der Waals surface area contributed by atoms with Gasteiger partial charge in [0.05, 0.1) is 6.61 Å². The van der Waals surface area contributed by atoms with Crippen LogP contribution in [0.25, 0.3) is 0 Å². The number of rotatable bonds is 1. The molecular formula is C12H21NO2. The van der Waals surface area contributed by atoms with Crippen molar-refractivity contribution in [1.82, 2.24) is 4.90 Å². The quantitative estimate of drug-likeness (QED) is 0.621. The van der Waals surface area contributed by atoms with Crippen molar-refractivity contribution >= 4 is 5.97 Å². The highest BCUT2D eigenvalue weighted by atomic mass is 16.5. The summed E-state index contributed by atoms with van der Waals surface area (Å²) in [6, 6.07) is 0.665. The summed E-state index contributed by atoms with van der Waals surface area (Å²) < 4.78 is 5.19. The number of nitrogens with zero attached hydrogens (tertiary/aromatic N) is 1. The molecule has 1 atom stereocenters. The van der Waals surface area contributed by atoms with Gasteiger partial charge in [-0.15, -0.1) is 0 Å². The van der Waals surface area contributed by atoms with E-state index < -0.39 is 0 Å². The molecule has 1 unspecified atom stereocenters. The maximum absolute atomic E-state index is 11.2.